The highest BCUT2D eigenvalue weighted by atomic mass is 32.2. The zero-order valence-electron chi connectivity index (χ0n) is 18.9. The fraction of sp³-hybridized carbons (Fsp3) is 0.269. The van der Waals surface area contributed by atoms with Crippen molar-refractivity contribution in [1.29, 1.82) is 0 Å². The third-order valence-corrected chi connectivity index (χ3v) is 7.63. The molecule has 0 spiro atoms. The van der Waals surface area contributed by atoms with Crippen LogP contribution in [0.4, 0.5) is 10.1 Å². The van der Waals surface area contributed by atoms with Crippen molar-refractivity contribution in [2.24, 2.45) is 0 Å². The molecule has 178 valence electrons. The summed E-state index contributed by atoms with van der Waals surface area (Å²) in [4.78, 5) is 17.4. The number of carbonyl (C=O) groups is 1. The van der Waals surface area contributed by atoms with Crippen LogP contribution in [0.15, 0.2) is 83.8 Å². The van der Waals surface area contributed by atoms with E-state index in [2.05, 4.69) is 15.1 Å². The first-order chi connectivity index (χ1) is 16.4. The summed E-state index contributed by atoms with van der Waals surface area (Å²) in [5.41, 5.74) is 2.04. The molecule has 1 heterocycles. The predicted octanol–water partition coefficient (Wildman–Crippen LogP) is 3.35. The van der Waals surface area contributed by atoms with Crippen molar-refractivity contribution >= 4 is 21.4 Å². The van der Waals surface area contributed by atoms with Crippen molar-refractivity contribution in [1.82, 2.24) is 10.2 Å². The van der Waals surface area contributed by atoms with Gasteiger partial charge in [0.15, 0.2) is 9.84 Å². The standard InChI is InChI=1S/C26H28FN3O3S/c27-23-9-11-24(12-10-23)30-17-15-29(16-18-30)14-13-28-26(31)22-6-4-5-21(19-22)20-34(32,33)25-7-2-1-3-8-25/h1-12,19H,13-18,20H2,(H,28,31). The van der Waals surface area contributed by atoms with Crippen LogP contribution in [0.3, 0.4) is 0 Å². The Hall–Kier alpha value is -3.23. The van der Waals surface area contributed by atoms with Gasteiger partial charge in [-0.3, -0.25) is 9.69 Å². The maximum Gasteiger partial charge on any atom is 0.251 e. The zero-order valence-corrected chi connectivity index (χ0v) is 19.7. The topological polar surface area (TPSA) is 69.7 Å². The number of benzene rings is 3. The molecule has 0 bridgehead atoms. The van der Waals surface area contributed by atoms with E-state index in [1.54, 1.807) is 66.7 Å². The van der Waals surface area contributed by atoms with Crippen LogP contribution < -0.4 is 10.2 Å². The maximum atomic E-state index is 13.1. The Bertz CT molecular complexity index is 1210. The average molecular weight is 482 g/mol. The monoisotopic (exact) mass is 481 g/mol. The lowest BCUT2D eigenvalue weighted by Crippen LogP contribution is -2.48. The van der Waals surface area contributed by atoms with Crippen LogP contribution in [0, 0.1) is 5.82 Å². The Morgan fingerprint density at radius 2 is 1.59 bits per heavy atom. The number of piperazine rings is 1. The second-order valence-corrected chi connectivity index (χ2v) is 10.3. The fourth-order valence-corrected chi connectivity index (χ4v) is 5.40. The SMILES string of the molecule is O=C(NCCN1CCN(c2ccc(F)cc2)CC1)c1cccc(CS(=O)(=O)c2ccccc2)c1. The van der Waals surface area contributed by atoms with Crippen LogP contribution in [0.2, 0.25) is 0 Å². The summed E-state index contributed by atoms with van der Waals surface area (Å²) in [5, 5.41) is 2.93. The minimum Gasteiger partial charge on any atom is -0.369 e. The number of hydrogen-bond donors (Lipinski definition) is 1. The molecule has 0 aliphatic carbocycles. The van der Waals surface area contributed by atoms with Gasteiger partial charge in [-0.05, 0) is 54.1 Å². The molecule has 1 saturated heterocycles. The average Bonchev–Trinajstić information content (AvgIpc) is 2.85. The molecule has 3 aromatic carbocycles. The number of amides is 1. The fourth-order valence-electron chi connectivity index (χ4n) is 4.04. The van der Waals surface area contributed by atoms with Crippen molar-refractivity contribution in [2.45, 2.75) is 10.6 Å². The molecule has 1 N–H and O–H groups in total. The van der Waals surface area contributed by atoms with Crippen molar-refractivity contribution in [3.8, 4) is 0 Å². The number of nitrogens with one attached hydrogen (secondary N) is 1. The number of nitrogens with zero attached hydrogens (tertiary/aromatic N) is 2. The van der Waals surface area contributed by atoms with Gasteiger partial charge in [-0.25, -0.2) is 12.8 Å². The molecule has 1 aliphatic rings. The highest BCUT2D eigenvalue weighted by Crippen LogP contribution is 2.18. The van der Waals surface area contributed by atoms with Gasteiger partial charge in [-0.2, -0.15) is 0 Å². The highest BCUT2D eigenvalue weighted by molar-refractivity contribution is 7.90. The first-order valence-electron chi connectivity index (χ1n) is 11.3. The molecule has 1 fully saturated rings. The van der Waals surface area contributed by atoms with Gasteiger partial charge in [-0.1, -0.05) is 30.3 Å². The summed E-state index contributed by atoms with van der Waals surface area (Å²) >= 11 is 0. The smallest absolute Gasteiger partial charge is 0.251 e. The van der Waals surface area contributed by atoms with E-state index in [1.165, 1.54) is 12.1 Å². The van der Waals surface area contributed by atoms with E-state index in [-0.39, 0.29) is 22.4 Å². The number of hydrogen-bond acceptors (Lipinski definition) is 5. The Labute approximate surface area is 199 Å². The van der Waals surface area contributed by atoms with Crippen LogP contribution >= 0.6 is 0 Å². The summed E-state index contributed by atoms with van der Waals surface area (Å²) in [6.07, 6.45) is 0. The molecule has 0 saturated carbocycles. The minimum atomic E-state index is -3.47. The van der Waals surface area contributed by atoms with Crippen molar-refractivity contribution in [3.05, 3.63) is 95.8 Å². The minimum absolute atomic E-state index is 0.156. The maximum absolute atomic E-state index is 13.1. The van der Waals surface area contributed by atoms with Crippen molar-refractivity contribution in [3.63, 3.8) is 0 Å². The van der Waals surface area contributed by atoms with Gasteiger partial charge in [0.25, 0.3) is 5.91 Å². The number of carbonyl (C=O) groups excluding carboxylic acids is 1. The highest BCUT2D eigenvalue weighted by Gasteiger charge is 2.18. The lowest BCUT2D eigenvalue weighted by Gasteiger charge is -2.36. The molecular formula is C26H28FN3O3S. The predicted molar refractivity (Wildman–Crippen MR) is 131 cm³/mol. The molecule has 6 nitrogen and oxygen atoms in total. The normalized spacial score (nSPS) is 14.7. The Morgan fingerprint density at radius 1 is 0.882 bits per heavy atom. The van der Waals surface area contributed by atoms with E-state index in [0.29, 0.717) is 17.7 Å². The van der Waals surface area contributed by atoms with Gasteiger partial charge < -0.3 is 10.2 Å². The summed E-state index contributed by atoms with van der Waals surface area (Å²) < 4.78 is 38.4. The van der Waals surface area contributed by atoms with Crippen LogP contribution in [0.1, 0.15) is 15.9 Å². The molecule has 4 rings (SSSR count). The number of sulfone groups is 1. The molecule has 0 atom stereocenters. The Morgan fingerprint density at radius 3 is 2.29 bits per heavy atom. The molecule has 1 aliphatic heterocycles. The van der Waals surface area contributed by atoms with Gasteiger partial charge in [-0.15, -0.1) is 0 Å². The summed E-state index contributed by atoms with van der Waals surface area (Å²) in [6, 6.07) is 21.6. The molecular weight excluding hydrogens is 453 g/mol. The molecule has 34 heavy (non-hydrogen) atoms. The van der Waals surface area contributed by atoms with Gasteiger partial charge in [0.1, 0.15) is 5.82 Å². The van der Waals surface area contributed by atoms with Crippen molar-refractivity contribution < 1.29 is 17.6 Å². The number of rotatable bonds is 8. The summed E-state index contributed by atoms with van der Waals surface area (Å²) in [6.45, 7) is 4.64. The molecule has 3 aromatic rings. The Kier molecular flexibility index (Phi) is 7.59. The second kappa shape index (κ2) is 10.8. The lowest BCUT2D eigenvalue weighted by atomic mass is 10.1. The lowest BCUT2D eigenvalue weighted by molar-refractivity contribution is 0.0947. The first-order valence-corrected chi connectivity index (χ1v) is 12.9. The van der Waals surface area contributed by atoms with Crippen LogP contribution in [0.25, 0.3) is 0 Å². The van der Waals surface area contributed by atoms with E-state index in [4.69, 9.17) is 0 Å². The zero-order chi connectivity index (χ0) is 24.0. The van der Waals surface area contributed by atoms with E-state index < -0.39 is 9.84 Å². The molecule has 1 amide bonds. The van der Waals surface area contributed by atoms with Gasteiger partial charge in [0.2, 0.25) is 0 Å². The Balaban J connectivity index is 1.25. The van der Waals surface area contributed by atoms with Gasteiger partial charge in [0.05, 0.1) is 10.6 Å². The summed E-state index contributed by atoms with van der Waals surface area (Å²) in [7, 11) is -3.47. The van der Waals surface area contributed by atoms with Crippen LogP contribution in [-0.4, -0.2) is 58.5 Å². The van der Waals surface area contributed by atoms with Gasteiger partial charge in [0, 0.05) is 50.5 Å². The second-order valence-electron chi connectivity index (χ2n) is 8.33. The van der Waals surface area contributed by atoms with E-state index >= 15 is 0 Å². The quantitative estimate of drug-likeness (QED) is 0.534. The van der Waals surface area contributed by atoms with E-state index in [9.17, 15) is 17.6 Å². The van der Waals surface area contributed by atoms with Crippen molar-refractivity contribution in [2.75, 3.05) is 44.2 Å². The largest absolute Gasteiger partial charge is 0.369 e. The van der Waals surface area contributed by atoms with Gasteiger partial charge >= 0.3 is 0 Å². The van der Waals surface area contributed by atoms with E-state index in [1.807, 2.05) is 0 Å². The third-order valence-electron chi connectivity index (χ3n) is 5.93. The van der Waals surface area contributed by atoms with E-state index in [0.717, 1.165) is 38.4 Å². The van der Waals surface area contributed by atoms with Crippen LogP contribution in [-0.2, 0) is 15.6 Å². The number of halogens is 1. The molecule has 0 aromatic heterocycles. The molecule has 0 unspecified atom stereocenters. The molecule has 0 radical (unpaired) electrons. The molecule has 8 heteroatoms. The first kappa shape index (κ1) is 23.9. The number of anilines is 1. The summed E-state index contributed by atoms with van der Waals surface area (Å²) in [5.74, 6) is -0.610. The van der Waals surface area contributed by atoms with Crippen LogP contribution in [0.5, 0.6) is 0 Å². The third kappa shape index (κ3) is 6.21.